The maximum absolute atomic E-state index is 5.67. The molecule has 1 aromatic heterocycles. The molecule has 0 fully saturated rings. The lowest BCUT2D eigenvalue weighted by Crippen LogP contribution is -2.10. The van der Waals surface area contributed by atoms with Crippen molar-refractivity contribution >= 4 is 11.6 Å². The largest absolute Gasteiger partial charge is 0.487 e. The van der Waals surface area contributed by atoms with Crippen molar-refractivity contribution < 1.29 is 4.74 Å². The van der Waals surface area contributed by atoms with Gasteiger partial charge in [0.2, 0.25) is 0 Å². The first-order valence-corrected chi connectivity index (χ1v) is 6.53. The number of hydrogen-bond acceptors (Lipinski definition) is 3. The molecule has 0 aliphatic rings. The molecule has 1 heterocycles. The third kappa shape index (κ3) is 3.93. The molecule has 0 aliphatic carbocycles. The van der Waals surface area contributed by atoms with Gasteiger partial charge in [0.25, 0.3) is 0 Å². The molecule has 0 amide bonds. The van der Waals surface area contributed by atoms with Gasteiger partial charge in [-0.1, -0.05) is 44.5 Å². The average molecular weight is 277 g/mol. The zero-order chi connectivity index (χ0) is 13.9. The number of halogens is 1. The molecule has 0 radical (unpaired) electrons. The number of nitrogens with zero attached hydrogens (tertiary/aromatic N) is 2. The summed E-state index contributed by atoms with van der Waals surface area (Å²) in [5, 5.41) is 0.387. The highest BCUT2D eigenvalue weighted by molar-refractivity contribution is 6.29. The van der Waals surface area contributed by atoms with Crippen LogP contribution in [0.25, 0.3) is 0 Å². The third-order valence-electron chi connectivity index (χ3n) is 2.78. The van der Waals surface area contributed by atoms with E-state index in [1.165, 1.54) is 11.8 Å². The Morgan fingerprint density at radius 1 is 1.05 bits per heavy atom. The Morgan fingerprint density at radius 3 is 2.26 bits per heavy atom. The average Bonchev–Trinajstić information content (AvgIpc) is 2.37. The molecule has 0 atom stereocenters. The van der Waals surface area contributed by atoms with Gasteiger partial charge in [-0.2, -0.15) is 0 Å². The summed E-state index contributed by atoms with van der Waals surface area (Å²) in [5.74, 6) is 0.824. The molecule has 0 saturated heterocycles. The molecule has 0 aliphatic heterocycles. The highest BCUT2D eigenvalue weighted by atomic mass is 35.5. The van der Waals surface area contributed by atoms with E-state index in [0.29, 0.717) is 11.8 Å². The van der Waals surface area contributed by atoms with E-state index in [0.717, 1.165) is 11.4 Å². The van der Waals surface area contributed by atoms with E-state index >= 15 is 0 Å². The van der Waals surface area contributed by atoms with Gasteiger partial charge in [-0.3, -0.25) is 4.98 Å². The maximum Gasteiger partial charge on any atom is 0.147 e. The number of aromatic nitrogens is 2. The van der Waals surface area contributed by atoms with E-state index in [1.54, 1.807) is 6.20 Å². The fraction of sp³-hybridized carbons (Fsp3) is 0.333. The van der Waals surface area contributed by atoms with Crippen LogP contribution in [0.15, 0.2) is 36.7 Å². The van der Waals surface area contributed by atoms with Crippen LogP contribution in [0.2, 0.25) is 5.15 Å². The second-order valence-corrected chi connectivity index (χ2v) is 5.78. The quantitative estimate of drug-likeness (QED) is 0.850. The molecule has 0 bridgehead atoms. The summed E-state index contributed by atoms with van der Waals surface area (Å²) in [6, 6.07) is 8.12. The molecule has 19 heavy (non-hydrogen) atoms. The standard InChI is InChI=1S/C15H17ClN2O/c1-15(2,3)11-4-6-13(7-5-11)19-10-12-8-18-14(16)9-17-12/h4-9H,10H2,1-3H3. The van der Waals surface area contributed by atoms with Crippen molar-refractivity contribution in [2.75, 3.05) is 0 Å². The summed E-state index contributed by atoms with van der Waals surface area (Å²) < 4.78 is 5.65. The summed E-state index contributed by atoms with van der Waals surface area (Å²) in [6.45, 7) is 6.95. The van der Waals surface area contributed by atoms with Crippen LogP contribution in [-0.2, 0) is 12.0 Å². The zero-order valence-electron chi connectivity index (χ0n) is 11.4. The van der Waals surface area contributed by atoms with Gasteiger partial charge in [-0.05, 0) is 23.1 Å². The predicted octanol–water partition coefficient (Wildman–Crippen LogP) is 4.01. The van der Waals surface area contributed by atoms with E-state index in [9.17, 15) is 0 Å². The van der Waals surface area contributed by atoms with Crippen LogP contribution in [0.5, 0.6) is 5.75 Å². The van der Waals surface area contributed by atoms with Gasteiger partial charge in [0.05, 0.1) is 18.1 Å². The van der Waals surface area contributed by atoms with Crippen LogP contribution < -0.4 is 4.74 Å². The zero-order valence-corrected chi connectivity index (χ0v) is 12.1. The van der Waals surface area contributed by atoms with Crippen LogP contribution in [-0.4, -0.2) is 9.97 Å². The number of hydrogen-bond donors (Lipinski definition) is 0. The van der Waals surface area contributed by atoms with E-state index in [2.05, 4.69) is 42.9 Å². The van der Waals surface area contributed by atoms with E-state index in [-0.39, 0.29) is 5.41 Å². The van der Waals surface area contributed by atoms with Crippen LogP contribution in [0.3, 0.4) is 0 Å². The number of ether oxygens (including phenoxy) is 1. The Kier molecular flexibility index (Phi) is 4.05. The molecule has 0 saturated carbocycles. The fourth-order valence-corrected chi connectivity index (χ4v) is 1.72. The maximum atomic E-state index is 5.67. The molecule has 0 N–H and O–H groups in total. The van der Waals surface area contributed by atoms with Crippen molar-refractivity contribution in [2.45, 2.75) is 32.8 Å². The van der Waals surface area contributed by atoms with Crippen molar-refractivity contribution in [3.8, 4) is 5.75 Å². The summed E-state index contributed by atoms with van der Waals surface area (Å²) in [5.41, 5.74) is 2.19. The third-order valence-corrected chi connectivity index (χ3v) is 2.98. The molecular weight excluding hydrogens is 260 g/mol. The first-order chi connectivity index (χ1) is 8.95. The second-order valence-electron chi connectivity index (χ2n) is 5.39. The van der Waals surface area contributed by atoms with E-state index in [1.807, 2.05) is 12.1 Å². The van der Waals surface area contributed by atoms with E-state index in [4.69, 9.17) is 16.3 Å². The summed E-state index contributed by atoms with van der Waals surface area (Å²) in [6.07, 6.45) is 3.13. The summed E-state index contributed by atoms with van der Waals surface area (Å²) in [7, 11) is 0. The summed E-state index contributed by atoms with van der Waals surface area (Å²) in [4.78, 5) is 8.09. The number of rotatable bonds is 3. The van der Waals surface area contributed by atoms with Crippen molar-refractivity contribution in [2.24, 2.45) is 0 Å². The van der Waals surface area contributed by atoms with Gasteiger partial charge in [0, 0.05) is 0 Å². The monoisotopic (exact) mass is 276 g/mol. The Hall–Kier alpha value is -1.61. The fourth-order valence-electron chi connectivity index (χ4n) is 1.62. The lowest BCUT2D eigenvalue weighted by molar-refractivity contribution is 0.300. The topological polar surface area (TPSA) is 35.0 Å². The molecule has 0 unspecified atom stereocenters. The van der Waals surface area contributed by atoms with Gasteiger partial charge < -0.3 is 4.74 Å². The highest BCUT2D eigenvalue weighted by Crippen LogP contribution is 2.24. The lowest BCUT2D eigenvalue weighted by atomic mass is 9.87. The molecule has 100 valence electrons. The first-order valence-electron chi connectivity index (χ1n) is 6.15. The molecule has 0 spiro atoms. The van der Waals surface area contributed by atoms with Gasteiger partial charge >= 0.3 is 0 Å². The Balaban J connectivity index is 1.98. The van der Waals surface area contributed by atoms with Crippen molar-refractivity contribution in [1.29, 1.82) is 0 Å². The smallest absolute Gasteiger partial charge is 0.147 e. The predicted molar refractivity (Wildman–Crippen MR) is 76.5 cm³/mol. The molecule has 3 nitrogen and oxygen atoms in total. The normalized spacial score (nSPS) is 11.4. The van der Waals surface area contributed by atoms with Crippen molar-refractivity contribution in [3.05, 3.63) is 53.1 Å². The Morgan fingerprint density at radius 2 is 1.74 bits per heavy atom. The second kappa shape index (κ2) is 5.57. The van der Waals surface area contributed by atoms with Crippen molar-refractivity contribution in [1.82, 2.24) is 9.97 Å². The minimum absolute atomic E-state index is 0.153. The van der Waals surface area contributed by atoms with Crippen LogP contribution >= 0.6 is 11.6 Å². The Labute approximate surface area is 118 Å². The molecular formula is C15H17ClN2O. The molecule has 1 aromatic carbocycles. The van der Waals surface area contributed by atoms with Crippen LogP contribution in [0.4, 0.5) is 0 Å². The first kappa shape index (κ1) is 13.8. The van der Waals surface area contributed by atoms with Gasteiger partial charge in [-0.25, -0.2) is 4.98 Å². The molecule has 2 aromatic rings. The van der Waals surface area contributed by atoms with Crippen LogP contribution in [0.1, 0.15) is 32.0 Å². The highest BCUT2D eigenvalue weighted by Gasteiger charge is 2.12. The van der Waals surface area contributed by atoms with Gasteiger partial charge in [0.1, 0.15) is 17.5 Å². The van der Waals surface area contributed by atoms with Crippen LogP contribution in [0, 0.1) is 0 Å². The SMILES string of the molecule is CC(C)(C)c1ccc(OCc2cnc(Cl)cn2)cc1. The molecule has 4 heteroatoms. The minimum atomic E-state index is 0.153. The Bertz CT molecular complexity index is 530. The summed E-state index contributed by atoms with van der Waals surface area (Å²) >= 11 is 5.67. The number of benzene rings is 1. The molecule has 2 rings (SSSR count). The van der Waals surface area contributed by atoms with E-state index < -0.39 is 0 Å². The minimum Gasteiger partial charge on any atom is -0.487 e. The van der Waals surface area contributed by atoms with Gasteiger partial charge in [0.15, 0.2) is 0 Å². The lowest BCUT2D eigenvalue weighted by Gasteiger charge is -2.19. The van der Waals surface area contributed by atoms with Crippen molar-refractivity contribution in [3.63, 3.8) is 0 Å². The van der Waals surface area contributed by atoms with Gasteiger partial charge in [-0.15, -0.1) is 0 Å².